The first-order valence-electron chi connectivity index (χ1n) is 10.7. The standard InChI is InChI=1S/C22H28FN5O2/c1-2-19(14-5-7-15(23)8-6-14)28-17-10-20(22(28)30)26(12-17)13-18(25)21(29)27-9-3-4-16(27)11-24/h5-8,16-20H,2-4,9-10,12-13,25H2,1H3/t16-,17+,18-,19+,20+/m0/s1. The Morgan fingerprint density at radius 1 is 1.37 bits per heavy atom. The van der Waals surface area contributed by atoms with E-state index in [1.165, 1.54) is 12.1 Å². The highest BCUT2D eigenvalue weighted by Crippen LogP contribution is 2.39. The minimum atomic E-state index is -0.737. The average molecular weight is 413 g/mol. The summed E-state index contributed by atoms with van der Waals surface area (Å²) in [5.74, 6) is -0.439. The van der Waals surface area contributed by atoms with Gasteiger partial charge in [-0.3, -0.25) is 14.5 Å². The van der Waals surface area contributed by atoms with Gasteiger partial charge in [0.25, 0.3) is 0 Å². The van der Waals surface area contributed by atoms with Gasteiger partial charge in [-0.2, -0.15) is 5.26 Å². The van der Waals surface area contributed by atoms with Crippen LogP contribution in [-0.4, -0.2) is 70.3 Å². The van der Waals surface area contributed by atoms with Gasteiger partial charge in [-0.05, 0) is 43.4 Å². The Bertz CT molecular complexity index is 854. The predicted octanol–water partition coefficient (Wildman–Crippen LogP) is 1.40. The van der Waals surface area contributed by atoms with Crippen molar-refractivity contribution in [2.24, 2.45) is 5.73 Å². The largest absolute Gasteiger partial charge is 0.330 e. The highest BCUT2D eigenvalue weighted by atomic mass is 19.1. The van der Waals surface area contributed by atoms with E-state index in [2.05, 4.69) is 6.07 Å². The molecule has 2 amide bonds. The lowest BCUT2D eigenvalue weighted by molar-refractivity contribution is -0.141. The summed E-state index contributed by atoms with van der Waals surface area (Å²) >= 11 is 0. The summed E-state index contributed by atoms with van der Waals surface area (Å²) in [5, 5.41) is 9.22. The van der Waals surface area contributed by atoms with Crippen LogP contribution in [0.5, 0.6) is 0 Å². The molecule has 2 N–H and O–H groups in total. The lowest BCUT2D eigenvalue weighted by Gasteiger charge is -2.39. The maximum absolute atomic E-state index is 13.3. The summed E-state index contributed by atoms with van der Waals surface area (Å²) < 4.78 is 13.3. The van der Waals surface area contributed by atoms with E-state index in [4.69, 9.17) is 5.73 Å². The van der Waals surface area contributed by atoms with E-state index in [1.54, 1.807) is 17.0 Å². The minimum Gasteiger partial charge on any atom is -0.330 e. The van der Waals surface area contributed by atoms with Gasteiger partial charge in [0.2, 0.25) is 11.8 Å². The van der Waals surface area contributed by atoms with Crippen LogP contribution >= 0.6 is 0 Å². The molecule has 3 aliphatic heterocycles. The summed E-state index contributed by atoms with van der Waals surface area (Å²) in [7, 11) is 0. The van der Waals surface area contributed by atoms with Crippen molar-refractivity contribution in [1.82, 2.24) is 14.7 Å². The van der Waals surface area contributed by atoms with E-state index in [0.717, 1.165) is 24.8 Å². The molecule has 30 heavy (non-hydrogen) atoms. The molecule has 2 bridgehead atoms. The Hall–Kier alpha value is -2.50. The van der Waals surface area contributed by atoms with Crippen LogP contribution in [0, 0.1) is 17.1 Å². The van der Waals surface area contributed by atoms with E-state index in [0.29, 0.717) is 26.1 Å². The molecule has 7 nitrogen and oxygen atoms in total. The number of nitrogens with zero attached hydrogens (tertiary/aromatic N) is 4. The van der Waals surface area contributed by atoms with E-state index in [1.807, 2.05) is 16.7 Å². The lowest BCUT2D eigenvalue weighted by atomic mass is 10.0. The van der Waals surface area contributed by atoms with Crippen molar-refractivity contribution in [1.29, 1.82) is 5.26 Å². The number of carbonyl (C=O) groups is 2. The molecule has 0 aromatic heterocycles. The number of amides is 2. The highest BCUT2D eigenvalue weighted by molar-refractivity contribution is 5.87. The Labute approximate surface area is 176 Å². The molecular weight excluding hydrogens is 385 g/mol. The SMILES string of the molecule is CC[C@H](c1ccc(F)cc1)N1C(=O)[C@H]2C[C@@H]1CN2C[C@H](N)C(=O)N1CCC[C@H]1C#N. The molecule has 0 aliphatic carbocycles. The molecule has 4 rings (SSSR count). The lowest BCUT2D eigenvalue weighted by Crippen LogP contribution is -2.56. The highest BCUT2D eigenvalue weighted by Gasteiger charge is 2.52. The van der Waals surface area contributed by atoms with Gasteiger partial charge in [0.15, 0.2) is 0 Å². The third-order valence-electron chi connectivity index (χ3n) is 6.72. The maximum Gasteiger partial charge on any atom is 0.241 e. The van der Waals surface area contributed by atoms with Crippen LogP contribution in [0.4, 0.5) is 4.39 Å². The van der Waals surface area contributed by atoms with Gasteiger partial charge in [0, 0.05) is 25.7 Å². The molecule has 1 aromatic rings. The number of likely N-dealkylation sites (tertiary alicyclic amines) is 3. The van der Waals surface area contributed by atoms with E-state index in [-0.39, 0.29) is 35.8 Å². The molecule has 3 aliphatic rings. The number of piperazine rings is 1. The Kier molecular flexibility index (Phi) is 5.76. The Balaban J connectivity index is 1.41. The van der Waals surface area contributed by atoms with Crippen molar-refractivity contribution in [3.63, 3.8) is 0 Å². The molecule has 0 spiro atoms. The summed E-state index contributed by atoms with van der Waals surface area (Å²) in [6, 6.07) is 7.12. The number of hydrogen-bond donors (Lipinski definition) is 1. The van der Waals surface area contributed by atoms with Crippen LogP contribution in [0.15, 0.2) is 24.3 Å². The number of hydrogen-bond acceptors (Lipinski definition) is 5. The van der Waals surface area contributed by atoms with E-state index >= 15 is 0 Å². The molecule has 3 fully saturated rings. The van der Waals surface area contributed by atoms with Crippen LogP contribution in [0.3, 0.4) is 0 Å². The number of benzene rings is 1. The van der Waals surface area contributed by atoms with Gasteiger partial charge >= 0.3 is 0 Å². The summed E-state index contributed by atoms with van der Waals surface area (Å²) in [6.07, 6.45) is 2.99. The van der Waals surface area contributed by atoms with Crippen molar-refractivity contribution >= 4 is 11.8 Å². The fourth-order valence-electron chi connectivity index (χ4n) is 5.29. The number of carbonyl (C=O) groups excluding carboxylic acids is 2. The van der Waals surface area contributed by atoms with Crippen LogP contribution in [0.25, 0.3) is 0 Å². The van der Waals surface area contributed by atoms with Gasteiger partial charge in [-0.1, -0.05) is 19.1 Å². The zero-order valence-corrected chi connectivity index (χ0v) is 17.2. The monoisotopic (exact) mass is 413 g/mol. The van der Waals surface area contributed by atoms with Gasteiger partial charge in [0.1, 0.15) is 11.9 Å². The number of nitrogens with two attached hydrogens (primary N) is 1. The van der Waals surface area contributed by atoms with Crippen LogP contribution in [0.2, 0.25) is 0 Å². The van der Waals surface area contributed by atoms with Crippen LogP contribution in [0.1, 0.15) is 44.2 Å². The topological polar surface area (TPSA) is 93.7 Å². The van der Waals surface area contributed by atoms with Crippen molar-refractivity contribution in [3.05, 3.63) is 35.6 Å². The maximum atomic E-state index is 13.3. The zero-order chi connectivity index (χ0) is 21.4. The van der Waals surface area contributed by atoms with Crippen molar-refractivity contribution in [2.75, 3.05) is 19.6 Å². The molecule has 5 atom stereocenters. The van der Waals surface area contributed by atoms with E-state index < -0.39 is 12.1 Å². The van der Waals surface area contributed by atoms with Crippen LogP contribution in [-0.2, 0) is 9.59 Å². The van der Waals surface area contributed by atoms with Crippen molar-refractivity contribution < 1.29 is 14.0 Å². The summed E-state index contributed by atoms with van der Waals surface area (Å²) in [5.41, 5.74) is 7.13. The number of rotatable bonds is 6. The second-order valence-corrected chi connectivity index (χ2v) is 8.51. The fourth-order valence-corrected chi connectivity index (χ4v) is 5.29. The quantitative estimate of drug-likeness (QED) is 0.761. The smallest absolute Gasteiger partial charge is 0.241 e. The molecule has 3 saturated heterocycles. The molecule has 1 aromatic carbocycles. The number of fused-ring (bicyclic) bond motifs is 2. The van der Waals surface area contributed by atoms with Crippen molar-refractivity contribution in [3.8, 4) is 6.07 Å². The molecule has 0 unspecified atom stereocenters. The molecule has 3 heterocycles. The van der Waals surface area contributed by atoms with Gasteiger partial charge in [0.05, 0.1) is 24.2 Å². The average Bonchev–Trinajstić information content (AvgIpc) is 3.45. The van der Waals surface area contributed by atoms with Gasteiger partial charge in [-0.25, -0.2) is 4.39 Å². The fraction of sp³-hybridized carbons (Fsp3) is 0.591. The Morgan fingerprint density at radius 2 is 2.10 bits per heavy atom. The zero-order valence-electron chi connectivity index (χ0n) is 17.2. The third-order valence-corrected chi connectivity index (χ3v) is 6.72. The number of nitriles is 1. The Morgan fingerprint density at radius 3 is 2.73 bits per heavy atom. The normalized spacial score (nSPS) is 28.1. The van der Waals surface area contributed by atoms with Crippen LogP contribution < -0.4 is 5.73 Å². The third kappa shape index (κ3) is 3.57. The summed E-state index contributed by atoms with van der Waals surface area (Å²) in [4.78, 5) is 31.4. The molecule has 0 radical (unpaired) electrons. The molecule has 8 heteroatoms. The first kappa shape index (κ1) is 20.8. The minimum absolute atomic E-state index is 0.0538. The number of halogens is 1. The predicted molar refractivity (Wildman–Crippen MR) is 108 cm³/mol. The van der Waals surface area contributed by atoms with E-state index in [9.17, 15) is 19.2 Å². The second kappa shape index (κ2) is 8.32. The summed E-state index contributed by atoms with van der Waals surface area (Å²) in [6.45, 7) is 3.60. The first-order valence-corrected chi connectivity index (χ1v) is 10.7. The first-order chi connectivity index (χ1) is 14.4. The van der Waals surface area contributed by atoms with Gasteiger partial charge < -0.3 is 15.5 Å². The van der Waals surface area contributed by atoms with Gasteiger partial charge in [-0.15, -0.1) is 0 Å². The van der Waals surface area contributed by atoms with Crippen molar-refractivity contribution in [2.45, 2.75) is 62.8 Å². The molecule has 160 valence electrons. The molecular formula is C22H28FN5O2. The molecule has 0 saturated carbocycles. The second-order valence-electron chi connectivity index (χ2n) is 8.51.